The highest BCUT2D eigenvalue weighted by molar-refractivity contribution is 5.85. The zero-order valence-corrected chi connectivity index (χ0v) is 10.5. The summed E-state index contributed by atoms with van der Waals surface area (Å²) >= 11 is 0. The van der Waals surface area contributed by atoms with Crippen LogP contribution in [-0.2, 0) is 18.8 Å². The summed E-state index contributed by atoms with van der Waals surface area (Å²) in [7, 11) is 1.80. The fraction of sp³-hybridized carbons (Fsp3) is 0.385. The van der Waals surface area contributed by atoms with E-state index in [2.05, 4.69) is 0 Å². The summed E-state index contributed by atoms with van der Waals surface area (Å²) in [6.07, 6.45) is -2.55. The Bertz CT molecular complexity index is 589. The molecule has 0 aliphatic carbocycles. The smallest absolute Gasteiger partial charge is 0.350 e. The van der Waals surface area contributed by atoms with E-state index < -0.39 is 17.3 Å². The second-order valence-electron chi connectivity index (χ2n) is 5.11. The molecule has 0 radical (unpaired) electrons. The summed E-state index contributed by atoms with van der Waals surface area (Å²) in [5, 5.41) is 0.555. The average Bonchev–Trinajstić information content (AvgIpc) is 2.54. The Kier molecular flexibility index (Phi) is 2.70. The molecule has 0 aliphatic heterocycles. The van der Waals surface area contributed by atoms with Crippen molar-refractivity contribution < 1.29 is 13.2 Å². The minimum atomic E-state index is -4.33. The summed E-state index contributed by atoms with van der Waals surface area (Å²) in [5.41, 5.74) is 6.14. The third kappa shape index (κ3) is 2.10. The van der Waals surface area contributed by atoms with E-state index in [1.807, 2.05) is 0 Å². The Morgan fingerprint density at radius 1 is 1.17 bits per heavy atom. The minimum Gasteiger partial charge on any atom is -0.350 e. The first-order valence-electron chi connectivity index (χ1n) is 5.56. The summed E-state index contributed by atoms with van der Waals surface area (Å²) < 4.78 is 39.9. The molecule has 0 fully saturated rings. The van der Waals surface area contributed by atoms with E-state index in [4.69, 9.17) is 5.73 Å². The van der Waals surface area contributed by atoms with Crippen molar-refractivity contribution in [3.63, 3.8) is 0 Å². The summed E-state index contributed by atoms with van der Waals surface area (Å²) in [6, 6.07) is 3.74. The van der Waals surface area contributed by atoms with Gasteiger partial charge >= 0.3 is 6.18 Å². The van der Waals surface area contributed by atoms with Gasteiger partial charge in [-0.2, -0.15) is 13.2 Å². The maximum absolute atomic E-state index is 12.7. The van der Waals surface area contributed by atoms with Crippen LogP contribution in [0, 0.1) is 0 Å². The lowest BCUT2D eigenvalue weighted by Crippen LogP contribution is -2.28. The number of hydrogen-bond donors (Lipinski definition) is 1. The van der Waals surface area contributed by atoms with Crippen molar-refractivity contribution in [1.82, 2.24) is 4.57 Å². The number of alkyl halides is 3. The number of rotatable bonds is 1. The van der Waals surface area contributed by atoms with Gasteiger partial charge in [0.1, 0.15) is 0 Å². The largest absolute Gasteiger partial charge is 0.416 e. The van der Waals surface area contributed by atoms with Crippen molar-refractivity contribution in [2.24, 2.45) is 12.8 Å². The molecule has 0 bridgehead atoms. The van der Waals surface area contributed by atoms with Crippen molar-refractivity contribution in [3.8, 4) is 0 Å². The molecule has 1 aromatic heterocycles. The third-order valence-electron chi connectivity index (χ3n) is 3.01. The van der Waals surface area contributed by atoms with Crippen LogP contribution in [0.1, 0.15) is 25.0 Å². The van der Waals surface area contributed by atoms with E-state index in [1.165, 1.54) is 12.1 Å². The molecule has 0 atom stereocenters. The molecular formula is C13H15F3N2. The van der Waals surface area contributed by atoms with Crippen molar-refractivity contribution in [3.05, 3.63) is 35.5 Å². The molecule has 2 nitrogen and oxygen atoms in total. The van der Waals surface area contributed by atoms with Crippen LogP contribution in [0.2, 0.25) is 0 Å². The first-order chi connectivity index (χ1) is 8.10. The summed E-state index contributed by atoms with van der Waals surface area (Å²) in [6.45, 7) is 3.56. The first-order valence-corrected chi connectivity index (χ1v) is 5.56. The zero-order valence-electron chi connectivity index (χ0n) is 10.5. The number of aromatic nitrogens is 1. The van der Waals surface area contributed by atoms with Crippen molar-refractivity contribution in [2.75, 3.05) is 0 Å². The molecule has 98 valence electrons. The third-order valence-corrected chi connectivity index (χ3v) is 3.01. The van der Waals surface area contributed by atoms with Crippen LogP contribution in [0.3, 0.4) is 0 Å². The summed E-state index contributed by atoms with van der Waals surface area (Å²) in [5.74, 6) is 0. The van der Waals surface area contributed by atoms with Crippen molar-refractivity contribution >= 4 is 10.9 Å². The highest BCUT2D eigenvalue weighted by Gasteiger charge is 2.31. The standard InChI is InChI=1S/C13H15F3N2/c1-12(2,17)10-7-18(3)11-5-4-8(6-9(10)11)13(14,15)16/h4-7H,17H2,1-3H3. The van der Waals surface area contributed by atoms with E-state index in [9.17, 15) is 13.2 Å². The van der Waals surface area contributed by atoms with E-state index in [1.54, 1.807) is 31.7 Å². The van der Waals surface area contributed by atoms with E-state index in [0.717, 1.165) is 11.6 Å². The molecule has 2 N–H and O–H groups in total. The number of aryl methyl sites for hydroxylation is 1. The van der Waals surface area contributed by atoms with Crippen LogP contribution < -0.4 is 5.73 Å². The average molecular weight is 256 g/mol. The fourth-order valence-corrected chi connectivity index (χ4v) is 2.08. The van der Waals surface area contributed by atoms with Gasteiger partial charge in [-0.25, -0.2) is 0 Å². The van der Waals surface area contributed by atoms with Gasteiger partial charge in [-0.3, -0.25) is 0 Å². The lowest BCUT2D eigenvalue weighted by molar-refractivity contribution is -0.137. The van der Waals surface area contributed by atoms with Crippen molar-refractivity contribution in [2.45, 2.75) is 25.6 Å². The number of halogens is 3. The lowest BCUT2D eigenvalue weighted by atomic mass is 9.94. The molecule has 18 heavy (non-hydrogen) atoms. The van der Waals surface area contributed by atoms with Crippen LogP contribution in [0.25, 0.3) is 10.9 Å². The van der Waals surface area contributed by atoms with Gasteiger partial charge in [0.05, 0.1) is 5.56 Å². The van der Waals surface area contributed by atoms with Crippen LogP contribution >= 0.6 is 0 Å². The monoisotopic (exact) mass is 256 g/mol. The highest BCUT2D eigenvalue weighted by Crippen LogP contribution is 2.35. The van der Waals surface area contributed by atoms with Gasteiger partial charge in [0.15, 0.2) is 0 Å². The lowest BCUT2D eigenvalue weighted by Gasteiger charge is -2.18. The normalized spacial score (nSPS) is 13.3. The van der Waals surface area contributed by atoms with E-state index in [0.29, 0.717) is 10.9 Å². The van der Waals surface area contributed by atoms with Gasteiger partial charge in [0, 0.05) is 29.7 Å². The number of fused-ring (bicyclic) bond motifs is 1. The SMILES string of the molecule is Cn1cc(C(C)(C)N)c2cc(C(F)(F)F)ccc21. The van der Waals surface area contributed by atoms with Crippen LogP contribution in [0.4, 0.5) is 13.2 Å². The molecule has 1 heterocycles. The number of hydrogen-bond acceptors (Lipinski definition) is 1. The Morgan fingerprint density at radius 3 is 2.28 bits per heavy atom. The molecule has 0 aliphatic rings. The molecule has 0 amide bonds. The molecule has 0 unspecified atom stereocenters. The molecule has 0 saturated carbocycles. The molecule has 1 aromatic carbocycles. The van der Waals surface area contributed by atoms with E-state index >= 15 is 0 Å². The van der Waals surface area contributed by atoms with Gasteiger partial charge < -0.3 is 10.3 Å². The van der Waals surface area contributed by atoms with Gasteiger partial charge in [-0.05, 0) is 37.6 Å². The van der Waals surface area contributed by atoms with Gasteiger partial charge in [-0.15, -0.1) is 0 Å². The molecule has 2 rings (SSSR count). The van der Waals surface area contributed by atoms with Crippen LogP contribution in [0.5, 0.6) is 0 Å². The molecule has 0 spiro atoms. The predicted octanol–water partition coefficient (Wildman–Crippen LogP) is 3.39. The number of nitrogens with two attached hydrogens (primary N) is 1. The molecule has 2 aromatic rings. The Hall–Kier alpha value is -1.49. The quantitative estimate of drug-likeness (QED) is 0.833. The minimum absolute atomic E-state index is 0.555. The van der Waals surface area contributed by atoms with Crippen molar-refractivity contribution in [1.29, 1.82) is 0 Å². The van der Waals surface area contributed by atoms with Crippen LogP contribution in [-0.4, -0.2) is 4.57 Å². The van der Waals surface area contributed by atoms with Gasteiger partial charge in [0.25, 0.3) is 0 Å². The molecular weight excluding hydrogens is 241 g/mol. The Balaban J connectivity index is 2.75. The summed E-state index contributed by atoms with van der Waals surface area (Å²) in [4.78, 5) is 0. The van der Waals surface area contributed by atoms with Gasteiger partial charge in [0.2, 0.25) is 0 Å². The van der Waals surface area contributed by atoms with Crippen LogP contribution in [0.15, 0.2) is 24.4 Å². The predicted molar refractivity (Wildman–Crippen MR) is 65.1 cm³/mol. The maximum Gasteiger partial charge on any atom is 0.416 e. The second-order valence-corrected chi connectivity index (χ2v) is 5.11. The second kappa shape index (κ2) is 3.75. The maximum atomic E-state index is 12.7. The van der Waals surface area contributed by atoms with E-state index in [-0.39, 0.29) is 0 Å². The van der Waals surface area contributed by atoms with Gasteiger partial charge in [-0.1, -0.05) is 0 Å². The first kappa shape index (κ1) is 13.0. The fourth-order valence-electron chi connectivity index (χ4n) is 2.08. The molecule has 0 saturated heterocycles. The molecule has 5 heteroatoms. The Labute approximate surface area is 103 Å². The Morgan fingerprint density at radius 2 is 1.78 bits per heavy atom. The highest BCUT2D eigenvalue weighted by atomic mass is 19.4. The zero-order chi connectivity index (χ0) is 13.7. The number of nitrogens with zero attached hydrogens (tertiary/aromatic N) is 1. The number of benzene rings is 1. The topological polar surface area (TPSA) is 30.9 Å².